The summed E-state index contributed by atoms with van der Waals surface area (Å²) in [6, 6.07) is 6.02. The fourth-order valence-electron chi connectivity index (χ4n) is 3.08. The average Bonchev–Trinajstić information content (AvgIpc) is 3.28. The van der Waals surface area contributed by atoms with Crippen molar-refractivity contribution in [3.8, 4) is 11.4 Å². The third kappa shape index (κ3) is 4.34. The van der Waals surface area contributed by atoms with Gasteiger partial charge in [0.25, 0.3) is 6.43 Å². The number of nitrogens with one attached hydrogen (secondary N) is 2. The number of alkyl halides is 2. The predicted octanol–water partition coefficient (Wildman–Crippen LogP) is 3.22. The second-order valence-corrected chi connectivity index (χ2v) is 7.02. The SMILES string of the molecule is Cc1cc(Nc2cc(C(F)F)ccn2)nc(-c2cn(CC3OC(=O)NC3C)nn2)c1. The standard InChI is InChI=1S/C19H19F2N7O2/c1-10-5-13(14-8-28(27-26-14)9-15-11(2)23-19(29)30-15)24-17(6-10)25-16-7-12(18(20)21)3-4-22-16/h3-8,11,15,18H,9H2,1-2H3,(H,23,29)(H,22,24,25). The highest BCUT2D eigenvalue weighted by atomic mass is 19.3. The first-order valence-electron chi connectivity index (χ1n) is 9.25. The van der Waals surface area contributed by atoms with Crippen LogP contribution in [0.5, 0.6) is 0 Å². The van der Waals surface area contributed by atoms with Gasteiger partial charge in [-0.3, -0.25) is 0 Å². The van der Waals surface area contributed by atoms with Crippen LogP contribution in [0.25, 0.3) is 11.4 Å². The van der Waals surface area contributed by atoms with Crippen LogP contribution < -0.4 is 10.6 Å². The molecule has 3 aromatic heterocycles. The lowest BCUT2D eigenvalue weighted by Crippen LogP contribution is -2.31. The van der Waals surface area contributed by atoms with E-state index in [1.54, 1.807) is 16.9 Å². The van der Waals surface area contributed by atoms with E-state index in [-0.39, 0.29) is 23.5 Å². The highest BCUT2D eigenvalue weighted by molar-refractivity contribution is 5.70. The van der Waals surface area contributed by atoms with Crippen molar-refractivity contribution in [2.24, 2.45) is 0 Å². The summed E-state index contributed by atoms with van der Waals surface area (Å²) in [7, 11) is 0. The first kappa shape index (κ1) is 19.7. The summed E-state index contributed by atoms with van der Waals surface area (Å²) in [6.45, 7) is 4.09. The van der Waals surface area contributed by atoms with E-state index in [0.29, 0.717) is 23.8 Å². The number of cyclic esters (lactones) is 1. The molecule has 1 aliphatic rings. The summed E-state index contributed by atoms with van der Waals surface area (Å²) in [6.07, 6.45) is -0.351. The molecule has 0 radical (unpaired) electrons. The minimum atomic E-state index is -2.58. The third-order valence-corrected chi connectivity index (χ3v) is 4.59. The third-order valence-electron chi connectivity index (χ3n) is 4.59. The molecule has 156 valence electrons. The van der Waals surface area contributed by atoms with E-state index in [9.17, 15) is 13.6 Å². The zero-order valence-electron chi connectivity index (χ0n) is 16.2. The van der Waals surface area contributed by atoms with Crippen molar-refractivity contribution in [1.29, 1.82) is 0 Å². The number of nitrogens with zero attached hydrogens (tertiary/aromatic N) is 5. The molecule has 3 aromatic rings. The van der Waals surface area contributed by atoms with Gasteiger partial charge < -0.3 is 15.4 Å². The Kier molecular flexibility index (Phi) is 5.25. The first-order valence-corrected chi connectivity index (χ1v) is 9.25. The number of hydrogen-bond acceptors (Lipinski definition) is 7. The normalized spacial score (nSPS) is 18.4. The lowest BCUT2D eigenvalue weighted by Gasteiger charge is -2.11. The molecule has 2 N–H and O–H groups in total. The predicted molar refractivity (Wildman–Crippen MR) is 103 cm³/mol. The second kappa shape index (κ2) is 8.01. The van der Waals surface area contributed by atoms with Crippen molar-refractivity contribution < 1.29 is 18.3 Å². The number of rotatable bonds is 6. The summed E-state index contributed by atoms with van der Waals surface area (Å²) in [4.78, 5) is 19.9. The average molecular weight is 415 g/mol. The van der Waals surface area contributed by atoms with Crippen molar-refractivity contribution in [3.05, 3.63) is 47.8 Å². The van der Waals surface area contributed by atoms with E-state index in [1.807, 2.05) is 19.9 Å². The van der Waals surface area contributed by atoms with Crippen LogP contribution in [0.3, 0.4) is 0 Å². The number of alkyl carbamates (subject to hydrolysis) is 1. The first-order chi connectivity index (χ1) is 14.4. The molecule has 9 nitrogen and oxygen atoms in total. The summed E-state index contributed by atoms with van der Waals surface area (Å²) in [5.41, 5.74) is 1.86. The Hall–Kier alpha value is -3.63. The molecule has 0 aliphatic carbocycles. The minimum absolute atomic E-state index is 0.125. The van der Waals surface area contributed by atoms with Gasteiger partial charge in [-0.1, -0.05) is 5.21 Å². The zero-order chi connectivity index (χ0) is 21.3. The van der Waals surface area contributed by atoms with Crippen LogP contribution in [-0.4, -0.2) is 43.2 Å². The Morgan fingerprint density at radius 3 is 2.83 bits per heavy atom. The van der Waals surface area contributed by atoms with Gasteiger partial charge in [-0.25, -0.2) is 28.2 Å². The minimum Gasteiger partial charge on any atom is -0.442 e. The van der Waals surface area contributed by atoms with Gasteiger partial charge in [0.2, 0.25) is 0 Å². The van der Waals surface area contributed by atoms with Crippen LogP contribution >= 0.6 is 0 Å². The lowest BCUT2D eigenvalue weighted by atomic mass is 10.2. The Morgan fingerprint density at radius 1 is 1.27 bits per heavy atom. The van der Waals surface area contributed by atoms with E-state index >= 15 is 0 Å². The van der Waals surface area contributed by atoms with Crippen molar-refractivity contribution in [2.45, 2.75) is 39.0 Å². The van der Waals surface area contributed by atoms with Gasteiger partial charge in [0, 0.05) is 11.8 Å². The summed E-state index contributed by atoms with van der Waals surface area (Å²) in [5.74, 6) is 0.714. The molecule has 1 fully saturated rings. The van der Waals surface area contributed by atoms with Crippen molar-refractivity contribution >= 4 is 17.7 Å². The molecular weight excluding hydrogens is 396 g/mol. The number of aryl methyl sites for hydroxylation is 1. The lowest BCUT2D eigenvalue weighted by molar-refractivity contribution is 0.119. The number of carbonyl (C=O) groups excluding carboxylic acids is 1. The molecular formula is C19H19F2N7O2. The molecule has 2 atom stereocenters. The van der Waals surface area contributed by atoms with Crippen LogP contribution in [0.1, 0.15) is 24.5 Å². The number of aromatic nitrogens is 5. The molecule has 0 bridgehead atoms. The molecule has 0 saturated carbocycles. The summed E-state index contributed by atoms with van der Waals surface area (Å²) in [5, 5.41) is 13.9. The van der Waals surface area contributed by atoms with E-state index < -0.39 is 12.5 Å². The summed E-state index contributed by atoms with van der Waals surface area (Å²) >= 11 is 0. The van der Waals surface area contributed by atoms with Crippen LogP contribution in [0.4, 0.5) is 25.2 Å². The maximum absolute atomic E-state index is 12.9. The number of pyridine rings is 2. The van der Waals surface area contributed by atoms with Crippen LogP contribution in [-0.2, 0) is 11.3 Å². The molecule has 0 aromatic carbocycles. The fourth-order valence-corrected chi connectivity index (χ4v) is 3.08. The smallest absolute Gasteiger partial charge is 0.407 e. The Morgan fingerprint density at radius 2 is 2.10 bits per heavy atom. The van der Waals surface area contributed by atoms with E-state index in [0.717, 1.165) is 5.56 Å². The molecule has 4 rings (SSSR count). The van der Waals surface area contributed by atoms with E-state index in [4.69, 9.17) is 4.74 Å². The van der Waals surface area contributed by atoms with Gasteiger partial charge in [0.1, 0.15) is 23.4 Å². The zero-order valence-corrected chi connectivity index (χ0v) is 16.2. The highest BCUT2D eigenvalue weighted by Gasteiger charge is 2.31. The maximum atomic E-state index is 12.9. The van der Waals surface area contributed by atoms with Crippen molar-refractivity contribution in [3.63, 3.8) is 0 Å². The number of anilines is 2. The number of halogens is 2. The Labute approximate surface area is 170 Å². The second-order valence-electron chi connectivity index (χ2n) is 7.02. The highest BCUT2D eigenvalue weighted by Crippen LogP contribution is 2.24. The van der Waals surface area contributed by atoms with Crippen molar-refractivity contribution in [1.82, 2.24) is 30.3 Å². The van der Waals surface area contributed by atoms with Gasteiger partial charge >= 0.3 is 6.09 Å². The quantitative estimate of drug-likeness (QED) is 0.637. The van der Waals surface area contributed by atoms with Gasteiger partial charge in [-0.15, -0.1) is 5.10 Å². The van der Waals surface area contributed by atoms with Gasteiger partial charge in [-0.2, -0.15) is 0 Å². The van der Waals surface area contributed by atoms with Crippen LogP contribution in [0.2, 0.25) is 0 Å². The number of ether oxygens (including phenoxy) is 1. The molecule has 1 aliphatic heterocycles. The molecule has 1 amide bonds. The van der Waals surface area contributed by atoms with Crippen LogP contribution in [0, 0.1) is 6.92 Å². The topological polar surface area (TPSA) is 107 Å². The van der Waals surface area contributed by atoms with E-state index in [1.165, 1.54) is 18.3 Å². The fraction of sp³-hybridized carbons (Fsp3) is 0.316. The largest absolute Gasteiger partial charge is 0.442 e. The molecule has 2 unspecified atom stereocenters. The summed E-state index contributed by atoms with van der Waals surface area (Å²) < 4.78 is 32.6. The van der Waals surface area contributed by atoms with Gasteiger partial charge in [0.15, 0.2) is 0 Å². The van der Waals surface area contributed by atoms with Gasteiger partial charge in [-0.05, 0) is 43.7 Å². The van der Waals surface area contributed by atoms with Crippen LogP contribution in [0.15, 0.2) is 36.7 Å². The number of amides is 1. The maximum Gasteiger partial charge on any atom is 0.407 e. The Bertz CT molecular complexity index is 1070. The molecule has 30 heavy (non-hydrogen) atoms. The van der Waals surface area contributed by atoms with Gasteiger partial charge in [0.05, 0.1) is 24.5 Å². The monoisotopic (exact) mass is 415 g/mol. The van der Waals surface area contributed by atoms with E-state index in [2.05, 4.69) is 30.9 Å². The molecule has 0 spiro atoms. The number of hydrogen-bond donors (Lipinski definition) is 2. The molecule has 4 heterocycles. The van der Waals surface area contributed by atoms with Crippen molar-refractivity contribution in [2.75, 3.05) is 5.32 Å². The molecule has 11 heteroatoms. The molecule has 1 saturated heterocycles. The Balaban J connectivity index is 1.53. The number of carbonyl (C=O) groups is 1.